The van der Waals surface area contributed by atoms with Crippen molar-refractivity contribution in [3.05, 3.63) is 71.3 Å². The van der Waals surface area contributed by atoms with Gasteiger partial charge in [0.15, 0.2) is 18.1 Å². The van der Waals surface area contributed by atoms with E-state index in [0.717, 1.165) is 12.0 Å². The summed E-state index contributed by atoms with van der Waals surface area (Å²) in [7, 11) is 1.55. The van der Waals surface area contributed by atoms with Gasteiger partial charge < -0.3 is 9.47 Å². The van der Waals surface area contributed by atoms with E-state index in [-0.39, 0.29) is 12.5 Å². The van der Waals surface area contributed by atoms with Gasteiger partial charge in [-0.3, -0.25) is 4.79 Å². The molecule has 0 aliphatic heterocycles. The number of hydrogen-bond donors (Lipinski definition) is 1. The first kappa shape index (κ1) is 18.5. The van der Waals surface area contributed by atoms with Crippen LogP contribution in [-0.2, 0) is 11.2 Å². The maximum absolute atomic E-state index is 11.8. The first-order valence-corrected chi connectivity index (χ1v) is 7.99. The number of amides is 1. The number of benzene rings is 2. The lowest BCUT2D eigenvalue weighted by Crippen LogP contribution is -2.24. The SMILES string of the molecule is C=CCc1ccc(OCC(=O)N/N=C/c2ccccc2Cl)c(OC)c1. The number of carbonyl (C=O) groups excluding carboxylic acids is 1. The third-order valence-corrected chi connectivity index (χ3v) is 3.61. The van der Waals surface area contributed by atoms with Gasteiger partial charge in [0.1, 0.15) is 0 Å². The number of hydrazone groups is 1. The van der Waals surface area contributed by atoms with Crippen LogP contribution in [0, 0.1) is 0 Å². The zero-order valence-corrected chi connectivity index (χ0v) is 14.6. The minimum Gasteiger partial charge on any atom is -0.493 e. The molecule has 6 heteroatoms. The van der Waals surface area contributed by atoms with Crippen LogP contribution in [0.3, 0.4) is 0 Å². The van der Waals surface area contributed by atoms with Crippen molar-refractivity contribution >= 4 is 23.7 Å². The summed E-state index contributed by atoms with van der Waals surface area (Å²) >= 11 is 6.00. The highest BCUT2D eigenvalue weighted by Crippen LogP contribution is 2.28. The molecule has 0 aromatic heterocycles. The van der Waals surface area contributed by atoms with Gasteiger partial charge in [0.25, 0.3) is 5.91 Å². The molecule has 0 aliphatic carbocycles. The van der Waals surface area contributed by atoms with Crippen molar-refractivity contribution in [1.29, 1.82) is 0 Å². The quantitative estimate of drug-likeness (QED) is 0.445. The van der Waals surface area contributed by atoms with Crippen LogP contribution in [0.25, 0.3) is 0 Å². The van der Waals surface area contributed by atoms with E-state index in [1.807, 2.05) is 24.3 Å². The van der Waals surface area contributed by atoms with Crippen LogP contribution in [0.4, 0.5) is 0 Å². The summed E-state index contributed by atoms with van der Waals surface area (Å²) in [4.78, 5) is 11.8. The minimum absolute atomic E-state index is 0.184. The van der Waals surface area contributed by atoms with Crippen molar-refractivity contribution in [2.75, 3.05) is 13.7 Å². The van der Waals surface area contributed by atoms with Crippen molar-refractivity contribution in [1.82, 2.24) is 5.43 Å². The van der Waals surface area contributed by atoms with E-state index in [2.05, 4.69) is 17.1 Å². The molecule has 0 saturated carbocycles. The summed E-state index contributed by atoms with van der Waals surface area (Å²) in [6.45, 7) is 3.52. The Morgan fingerprint density at radius 2 is 2.08 bits per heavy atom. The van der Waals surface area contributed by atoms with Crippen molar-refractivity contribution in [3.63, 3.8) is 0 Å². The van der Waals surface area contributed by atoms with E-state index in [4.69, 9.17) is 21.1 Å². The normalized spacial score (nSPS) is 10.5. The van der Waals surface area contributed by atoms with Gasteiger partial charge >= 0.3 is 0 Å². The molecule has 0 heterocycles. The van der Waals surface area contributed by atoms with E-state index in [1.54, 1.807) is 31.4 Å². The predicted molar refractivity (Wildman–Crippen MR) is 99.6 cm³/mol. The van der Waals surface area contributed by atoms with Crippen molar-refractivity contribution in [2.45, 2.75) is 6.42 Å². The average Bonchev–Trinajstić information content (AvgIpc) is 2.62. The molecule has 2 rings (SSSR count). The first-order valence-electron chi connectivity index (χ1n) is 7.61. The molecule has 1 amide bonds. The van der Waals surface area contributed by atoms with Crippen LogP contribution < -0.4 is 14.9 Å². The molecule has 2 aromatic rings. The van der Waals surface area contributed by atoms with E-state index in [1.165, 1.54) is 6.21 Å². The number of nitrogens with one attached hydrogen (secondary N) is 1. The smallest absolute Gasteiger partial charge is 0.277 e. The maximum atomic E-state index is 11.8. The third-order valence-electron chi connectivity index (χ3n) is 3.26. The second-order valence-electron chi connectivity index (χ2n) is 5.08. The molecule has 0 bridgehead atoms. The van der Waals surface area contributed by atoms with Crippen LogP contribution in [0.5, 0.6) is 11.5 Å². The predicted octanol–water partition coefficient (Wildman–Crippen LogP) is 3.61. The Kier molecular flexibility index (Phi) is 7.04. The van der Waals surface area contributed by atoms with Gasteiger partial charge in [-0.15, -0.1) is 6.58 Å². The molecule has 130 valence electrons. The standard InChI is InChI=1S/C19H19ClN2O3/c1-3-6-14-9-10-17(18(11-14)24-2)25-13-19(23)22-21-12-15-7-4-5-8-16(15)20/h3-5,7-12H,1,6,13H2,2H3,(H,22,23)/b21-12+. The highest BCUT2D eigenvalue weighted by Gasteiger charge is 2.08. The van der Waals surface area contributed by atoms with Crippen molar-refractivity contribution in [3.8, 4) is 11.5 Å². The Labute approximate surface area is 151 Å². The molecule has 0 unspecified atom stereocenters. The Bertz CT molecular complexity index is 775. The molecular weight excluding hydrogens is 340 g/mol. The summed E-state index contributed by atoms with van der Waals surface area (Å²) in [5, 5.41) is 4.42. The summed E-state index contributed by atoms with van der Waals surface area (Å²) in [5.41, 5.74) is 4.15. The van der Waals surface area contributed by atoms with Gasteiger partial charge in [0, 0.05) is 10.6 Å². The molecule has 0 radical (unpaired) electrons. The molecule has 5 nitrogen and oxygen atoms in total. The van der Waals surface area contributed by atoms with Crippen LogP contribution in [0.1, 0.15) is 11.1 Å². The number of nitrogens with zero attached hydrogens (tertiary/aromatic N) is 1. The molecule has 0 aliphatic rings. The lowest BCUT2D eigenvalue weighted by molar-refractivity contribution is -0.123. The number of rotatable bonds is 8. The molecule has 1 N–H and O–H groups in total. The highest BCUT2D eigenvalue weighted by molar-refractivity contribution is 6.33. The number of ether oxygens (including phenoxy) is 2. The summed E-state index contributed by atoms with van der Waals surface area (Å²) in [6, 6.07) is 12.7. The number of hydrogen-bond acceptors (Lipinski definition) is 4. The van der Waals surface area contributed by atoms with Gasteiger partial charge in [-0.2, -0.15) is 5.10 Å². The highest BCUT2D eigenvalue weighted by atomic mass is 35.5. The van der Waals surface area contributed by atoms with Gasteiger partial charge in [0.05, 0.1) is 13.3 Å². The molecular formula is C19H19ClN2O3. The largest absolute Gasteiger partial charge is 0.493 e. The van der Waals surface area contributed by atoms with E-state index < -0.39 is 0 Å². The Morgan fingerprint density at radius 1 is 1.28 bits per heavy atom. The average molecular weight is 359 g/mol. The minimum atomic E-state index is -0.388. The molecule has 0 fully saturated rings. The third kappa shape index (κ3) is 5.65. The molecule has 0 saturated heterocycles. The number of methoxy groups -OCH3 is 1. The van der Waals surface area contributed by atoms with E-state index in [0.29, 0.717) is 22.1 Å². The molecule has 25 heavy (non-hydrogen) atoms. The number of halogens is 1. The second-order valence-corrected chi connectivity index (χ2v) is 5.49. The van der Waals surface area contributed by atoms with Gasteiger partial charge in [0.2, 0.25) is 0 Å². The maximum Gasteiger partial charge on any atom is 0.277 e. The fourth-order valence-electron chi connectivity index (χ4n) is 2.05. The number of allylic oxidation sites excluding steroid dienone is 1. The fraction of sp³-hybridized carbons (Fsp3) is 0.158. The second kappa shape index (κ2) is 9.49. The first-order chi connectivity index (χ1) is 12.1. The van der Waals surface area contributed by atoms with Gasteiger partial charge in [-0.1, -0.05) is 41.9 Å². The lowest BCUT2D eigenvalue weighted by Gasteiger charge is -2.11. The van der Waals surface area contributed by atoms with Gasteiger partial charge in [-0.05, 0) is 30.2 Å². The fourth-order valence-corrected chi connectivity index (χ4v) is 2.24. The van der Waals surface area contributed by atoms with Crippen molar-refractivity contribution < 1.29 is 14.3 Å². The van der Waals surface area contributed by atoms with Crippen LogP contribution in [0.2, 0.25) is 5.02 Å². The van der Waals surface area contributed by atoms with Gasteiger partial charge in [-0.25, -0.2) is 5.43 Å². The van der Waals surface area contributed by atoms with Crippen LogP contribution in [0.15, 0.2) is 60.2 Å². The topological polar surface area (TPSA) is 59.9 Å². The molecule has 2 aromatic carbocycles. The van der Waals surface area contributed by atoms with Crippen LogP contribution >= 0.6 is 11.6 Å². The zero-order valence-electron chi connectivity index (χ0n) is 13.9. The lowest BCUT2D eigenvalue weighted by atomic mass is 10.1. The molecule has 0 atom stereocenters. The summed E-state index contributed by atoms with van der Waals surface area (Å²) in [6.07, 6.45) is 4.01. The Balaban J connectivity index is 1.89. The molecule has 0 spiro atoms. The summed E-state index contributed by atoms with van der Waals surface area (Å²) in [5.74, 6) is 0.660. The zero-order chi connectivity index (χ0) is 18.1. The Hall–Kier alpha value is -2.79. The van der Waals surface area contributed by atoms with E-state index in [9.17, 15) is 4.79 Å². The van der Waals surface area contributed by atoms with Crippen LogP contribution in [-0.4, -0.2) is 25.8 Å². The Morgan fingerprint density at radius 3 is 2.80 bits per heavy atom. The monoisotopic (exact) mass is 358 g/mol. The summed E-state index contributed by atoms with van der Waals surface area (Å²) < 4.78 is 10.8. The van der Waals surface area contributed by atoms with Crippen molar-refractivity contribution in [2.24, 2.45) is 5.10 Å². The van der Waals surface area contributed by atoms with E-state index >= 15 is 0 Å². The number of carbonyl (C=O) groups is 1.